The molecular weight excluding hydrogens is 228 g/mol. The summed E-state index contributed by atoms with van der Waals surface area (Å²) in [6, 6.07) is 3.33. The van der Waals surface area contributed by atoms with Crippen LogP contribution in [0.4, 0.5) is 0 Å². The molecule has 0 aliphatic rings. The van der Waals surface area contributed by atoms with Crippen LogP contribution in [0.3, 0.4) is 0 Å². The third-order valence-electron chi connectivity index (χ3n) is 2.08. The Morgan fingerprint density at radius 1 is 1.50 bits per heavy atom. The van der Waals surface area contributed by atoms with Crippen molar-refractivity contribution in [2.24, 2.45) is 5.73 Å². The molecule has 3 N–H and O–H groups in total. The Hall–Kier alpha value is -1.40. The zero-order valence-corrected chi connectivity index (χ0v) is 9.79. The van der Waals surface area contributed by atoms with Crippen LogP contribution < -0.4 is 5.73 Å². The van der Waals surface area contributed by atoms with E-state index in [2.05, 4.69) is 0 Å². The minimum absolute atomic E-state index is 0.191. The highest BCUT2D eigenvalue weighted by Gasteiger charge is 2.11. The second-order valence-corrected chi connectivity index (χ2v) is 4.51. The molecule has 0 aromatic carbocycles. The topological polar surface area (TPSA) is 83.6 Å². The van der Waals surface area contributed by atoms with Crippen molar-refractivity contribution in [3.63, 3.8) is 0 Å². The molecule has 6 heteroatoms. The summed E-state index contributed by atoms with van der Waals surface area (Å²) in [4.78, 5) is 24.5. The van der Waals surface area contributed by atoms with Crippen molar-refractivity contribution in [2.75, 3.05) is 13.1 Å². The van der Waals surface area contributed by atoms with Crippen LogP contribution in [0, 0.1) is 0 Å². The summed E-state index contributed by atoms with van der Waals surface area (Å²) >= 11 is 1.22. The number of carbonyl (C=O) groups is 2. The molecule has 0 atom stereocenters. The first kappa shape index (κ1) is 12.7. The normalized spacial score (nSPS) is 10.6. The number of nitrogens with zero attached hydrogens (tertiary/aromatic N) is 1. The summed E-state index contributed by atoms with van der Waals surface area (Å²) in [5.41, 5.74) is 5.10. The Balaban J connectivity index is 2.63. The van der Waals surface area contributed by atoms with E-state index in [4.69, 9.17) is 10.8 Å². The molecule has 88 valence electrons. The number of thiophene rings is 1. The number of primary amides is 1. The van der Waals surface area contributed by atoms with Crippen molar-refractivity contribution in [3.8, 4) is 0 Å². The predicted octanol–water partition coefficient (Wildman–Crippen LogP) is 0.754. The van der Waals surface area contributed by atoms with Crippen LogP contribution in [0.2, 0.25) is 0 Å². The monoisotopic (exact) mass is 242 g/mol. The number of hydrogen-bond acceptors (Lipinski definition) is 4. The highest BCUT2D eigenvalue weighted by Crippen LogP contribution is 2.18. The fraction of sp³-hybridized carbons (Fsp3) is 0.400. The molecular formula is C10H14N2O3S. The highest BCUT2D eigenvalue weighted by molar-refractivity contribution is 7.13. The Labute approximate surface area is 97.5 Å². The third kappa shape index (κ3) is 3.63. The molecule has 0 radical (unpaired) electrons. The van der Waals surface area contributed by atoms with Gasteiger partial charge in [-0.2, -0.15) is 0 Å². The van der Waals surface area contributed by atoms with Gasteiger partial charge in [0.25, 0.3) is 0 Å². The molecule has 1 aromatic heterocycles. The molecule has 0 aliphatic carbocycles. The number of likely N-dealkylation sites (N-methyl/N-ethyl adjacent to an activating group) is 1. The molecule has 1 amide bonds. The van der Waals surface area contributed by atoms with E-state index in [1.54, 1.807) is 12.1 Å². The summed E-state index contributed by atoms with van der Waals surface area (Å²) in [5.74, 6) is -1.30. The van der Waals surface area contributed by atoms with Crippen molar-refractivity contribution >= 4 is 23.2 Å². The largest absolute Gasteiger partial charge is 0.477 e. The first-order valence-corrected chi connectivity index (χ1v) is 5.67. The van der Waals surface area contributed by atoms with E-state index in [-0.39, 0.29) is 12.5 Å². The van der Waals surface area contributed by atoms with Crippen molar-refractivity contribution in [2.45, 2.75) is 13.5 Å². The van der Waals surface area contributed by atoms with Gasteiger partial charge in [0.1, 0.15) is 4.88 Å². The SMILES string of the molecule is CCN(CC(N)=O)Cc1ccc(C(=O)O)s1. The van der Waals surface area contributed by atoms with Gasteiger partial charge in [0.05, 0.1) is 6.54 Å². The lowest BCUT2D eigenvalue weighted by molar-refractivity contribution is -0.119. The Morgan fingerprint density at radius 3 is 2.62 bits per heavy atom. The van der Waals surface area contributed by atoms with E-state index in [0.29, 0.717) is 18.0 Å². The maximum atomic E-state index is 10.8. The number of aromatic carboxylic acids is 1. The van der Waals surface area contributed by atoms with Crippen LogP contribution in [0.25, 0.3) is 0 Å². The van der Waals surface area contributed by atoms with Gasteiger partial charge < -0.3 is 10.8 Å². The van der Waals surface area contributed by atoms with Gasteiger partial charge in [0, 0.05) is 11.4 Å². The van der Waals surface area contributed by atoms with Crippen LogP contribution in [-0.4, -0.2) is 35.0 Å². The van der Waals surface area contributed by atoms with Gasteiger partial charge >= 0.3 is 5.97 Å². The molecule has 1 heterocycles. The first-order chi connectivity index (χ1) is 7.52. The maximum Gasteiger partial charge on any atom is 0.345 e. The molecule has 0 aliphatic heterocycles. The minimum atomic E-state index is -0.922. The molecule has 5 nitrogen and oxygen atoms in total. The summed E-state index contributed by atoms with van der Waals surface area (Å²) in [5, 5.41) is 8.76. The van der Waals surface area contributed by atoms with Crippen LogP contribution in [0.15, 0.2) is 12.1 Å². The Bertz CT molecular complexity index is 389. The fourth-order valence-corrected chi connectivity index (χ4v) is 2.19. The summed E-state index contributed by atoms with van der Waals surface area (Å²) in [6.07, 6.45) is 0. The molecule has 1 rings (SSSR count). The predicted molar refractivity (Wildman–Crippen MR) is 61.4 cm³/mol. The number of rotatable bonds is 6. The number of nitrogens with two attached hydrogens (primary N) is 1. The van der Waals surface area contributed by atoms with Gasteiger partial charge in [-0.25, -0.2) is 4.79 Å². The smallest absolute Gasteiger partial charge is 0.345 e. The molecule has 0 saturated heterocycles. The number of carbonyl (C=O) groups excluding carboxylic acids is 1. The lowest BCUT2D eigenvalue weighted by atomic mass is 10.4. The van der Waals surface area contributed by atoms with Gasteiger partial charge in [-0.1, -0.05) is 6.92 Å². The summed E-state index contributed by atoms with van der Waals surface area (Å²) in [6.45, 7) is 3.37. The van der Waals surface area contributed by atoms with E-state index < -0.39 is 5.97 Å². The second-order valence-electron chi connectivity index (χ2n) is 3.34. The van der Waals surface area contributed by atoms with Gasteiger partial charge in [-0.3, -0.25) is 9.69 Å². The van der Waals surface area contributed by atoms with Crippen molar-refractivity contribution in [3.05, 3.63) is 21.9 Å². The molecule has 1 aromatic rings. The average molecular weight is 242 g/mol. The number of hydrogen-bond donors (Lipinski definition) is 2. The van der Waals surface area contributed by atoms with Gasteiger partial charge in [-0.15, -0.1) is 11.3 Å². The van der Waals surface area contributed by atoms with Gasteiger partial charge in [0.15, 0.2) is 0 Å². The minimum Gasteiger partial charge on any atom is -0.477 e. The third-order valence-corrected chi connectivity index (χ3v) is 3.14. The fourth-order valence-electron chi connectivity index (χ4n) is 1.30. The summed E-state index contributed by atoms with van der Waals surface area (Å²) in [7, 11) is 0. The van der Waals surface area contributed by atoms with Crippen LogP contribution in [0.5, 0.6) is 0 Å². The standard InChI is InChI=1S/C10H14N2O3S/c1-2-12(6-9(11)13)5-7-3-4-8(16-7)10(14)15/h3-4H,2,5-6H2,1H3,(H2,11,13)(H,14,15). The van der Waals surface area contributed by atoms with Crippen LogP contribution in [-0.2, 0) is 11.3 Å². The Morgan fingerprint density at radius 2 is 2.19 bits per heavy atom. The Kier molecular flexibility index (Phi) is 4.45. The van der Waals surface area contributed by atoms with Crippen LogP contribution >= 0.6 is 11.3 Å². The van der Waals surface area contributed by atoms with Crippen LogP contribution in [0.1, 0.15) is 21.5 Å². The zero-order valence-electron chi connectivity index (χ0n) is 8.97. The molecule has 0 fully saturated rings. The quantitative estimate of drug-likeness (QED) is 0.771. The molecule has 0 unspecified atom stereocenters. The van der Waals surface area contributed by atoms with E-state index in [1.807, 2.05) is 11.8 Å². The molecule has 0 bridgehead atoms. The van der Waals surface area contributed by atoms with Gasteiger partial charge in [-0.05, 0) is 18.7 Å². The molecule has 0 spiro atoms. The first-order valence-electron chi connectivity index (χ1n) is 4.85. The van der Waals surface area contributed by atoms with Crippen molar-refractivity contribution in [1.29, 1.82) is 0 Å². The van der Waals surface area contributed by atoms with E-state index >= 15 is 0 Å². The summed E-state index contributed by atoms with van der Waals surface area (Å²) < 4.78 is 0. The highest BCUT2D eigenvalue weighted by atomic mass is 32.1. The second kappa shape index (κ2) is 5.62. The lowest BCUT2D eigenvalue weighted by Gasteiger charge is -2.16. The van der Waals surface area contributed by atoms with Crippen molar-refractivity contribution < 1.29 is 14.7 Å². The lowest BCUT2D eigenvalue weighted by Crippen LogP contribution is -2.32. The number of amides is 1. The number of carboxylic acids is 1. The number of carboxylic acid groups (broad SMARTS) is 1. The van der Waals surface area contributed by atoms with E-state index in [0.717, 1.165) is 4.88 Å². The molecule has 16 heavy (non-hydrogen) atoms. The maximum absolute atomic E-state index is 10.8. The van der Waals surface area contributed by atoms with E-state index in [9.17, 15) is 9.59 Å². The van der Waals surface area contributed by atoms with E-state index in [1.165, 1.54) is 11.3 Å². The van der Waals surface area contributed by atoms with Crippen molar-refractivity contribution in [1.82, 2.24) is 4.90 Å². The molecule has 0 saturated carbocycles. The average Bonchev–Trinajstić information content (AvgIpc) is 2.64. The van der Waals surface area contributed by atoms with Gasteiger partial charge in [0.2, 0.25) is 5.91 Å². The zero-order chi connectivity index (χ0) is 12.1.